The number of imidazole rings is 1. The molecule has 4 aromatic carbocycles. The minimum Gasteiger partial charge on any atom is -0.491 e. The van der Waals surface area contributed by atoms with E-state index in [-0.39, 0.29) is 12.1 Å². The summed E-state index contributed by atoms with van der Waals surface area (Å²) in [5.74, 6) is 1.26. The van der Waals surface area contributed by atoms with Gasteiger partial charge in [-0.3, -0.25) is 0 Å². The molecule has 0 saturated heterocycles. The number of methoxy groups -OCH3 is 1. The Balaban J connectivity index is 1.40. The number of carbonyl (C=O) groups excluding carboxylic acids is 1. The summed E-state index contributed by atoms with van der Waals surface area (Å²) in [6.07, 6.45) is 6.14. The number of rotatable bonds is 9. The summed E-state index contributed by atoms with van der Waals surface area (Å²) in [6.45, 7) is 4.59. The smallest absolute Gasteiger partial charge is 0.337 e. The van der Waals surface area contributed by atoms with Gasteiger partial charge in [-0.2, -0.15) is 0 Å². The third-order valence-corrected chi connectivity index (χ3v) is 7.19. The van der Waals surface area contributed by atoms with Crippen molar-refractivity contribution in [2.24, 2.45) is 0 Å². The van der Waals surface area contributed by atoms with E-state index in [0.717, 1.165) is 45.1 Å². The Morgan fingerprint density at radius 2 is 1.55 bits per heavy atom. The lowest BCUT2D eigenvalue weighted by Gasteiger charge is -2.10. The molecule has 1 aromatic heterocycles. The van der Waals surface area contributed by atoms with E-state index >= 15 is 0 Å². The monoisotopic (exact) mass is 596 g/mol. The van der Waals surface area contributed by atoms with E-state index in [4.69, 9.17) is 37.7 Å². The fourth-order valence-electron chi connectivity index (χ4n) is 4.53. The summed E-state index contributed by atoms with van der Waals surface area (Å²) < 4.78 is 12.6. The molecule has 5 rings (SSSR count). The van der Waals surface area contributed by atoms with Gasteiger partial charge < -0.3 is 14.0 Å². The summed E-state index contributed by atoms with van der Waals surface area (Å²) >= 11 is 12.6. The van der Waals surface area contributed by atoms with Crippen LogP contribution < -0.4 is 4.74 Å². The van der Waals surface area contributed by atoms with Crippen molar-refractivity contribution in [3.63, 3.8) is 0 Å². The highest BCUT2D eigenvalue weighted by molar-refractivity contribution is 6.36. The third kappa shape index (κ3) is 7.11. The Morgan fingerprint density at radius 1 is 0.881 bits per heavy atom. The Labute approximate surface area is 256 Å². The molecule has 0 spiro atoms. The SMILES string of the molecule is COC(=O)c1ccc(Cn2cc(-c3ccc(Cl)cc3Cl)nc2/C=C/c2ccc(-c3ccc(OC(C)C)cc3)cc2)cc1. The average molecular weight is 598 g/mol. The van der Waals surface area contributed by atoms with Gasteiger partial charge in [0.15, 0.2) is 0 Å². The number of hydrogen-bond acceptors (Lipinski definition) is 4. The van der Waals surface area contributed by atoms with Crippen molar-refractivity contribution in [3.05, 3.63) is 130 Å². The van der Waals surface area contributed by atoms with Crippen LogP contribution in [-0.4, -0.2) is 28.7 Å². The summed E-state index contributed by atoms with van der Waals surface area (Å²) in [7, 11) is 1.37. The van der Waals surface area contributed by atoms with Crippen LogP contribution in [0.4, 0.5) is 0 Å². The lowest BCUT2D eigenvalue weighted by Crippen LogP contribution is -2.05. The van der Waals surface area contributed by atoms with Gasteiger partial charge in [-0.25, -0.2) is 9.78 Å². The molecule has 0 radical (unpaired) electrons. The van der Waals surface area contributed by atoms with Crippen molar-refractivity contribution < 1.29 is 14.3 Å². The molecule has 212 valence electrons. The van der Waals surface area contributed by atoms with Crippen molar-refractivity contribution in [1.82, 2.24) is 9.55 Å². The molecule has 0 saturated carbocycles. The Kier molecular flexibility index (Phi) is 9.11. The van der Waals surface area contributed by atoms with E-state index < -0.39 is 0 Å². The average Bonchev–Trinajstić information content (AvgIpc) is 3.38. The summed E-state index contributed by atoms with van der Waals surface area (Å²) in [5, 5.41) is 1.10. The van der Waals surface area contributed by atoms with E-state index in [2.05, 4.69) is 41.0 Å². The molecule has 0 atom stereocenters. The van der Waals surface area contributed by atoms with Crippen molar-refractivity contribution in [2.45, 2.75) is 26.5 Å². The quantitative estimate of drug-likeness (QED) is 0.159. The van der Waals surface area contributed by atoms with Gasteiger partial charge in [0, 0.05) is 23.3 Å². The molecular formula is C35H30Cl2N2O3. The predicted molar refractivity (Wildman–Crippen MR) is 171 cm³/mol. The second kappa shape index (κ2) is 13.1. The predicted octanol–water partition coefficient (Wildman–Crippen LogP) is 9.32. The number of aromatic nitrogens is 2. The van der Waals surface area contributed by atoms with Gasteiger partial charge in [0.05, 0.1) is 29.5 Å². The van der Waals surface area contributed by atoms with Crippen LogP contribution in [0.15, 0.2) is 97.2 Å². The van der Waals surface area contributed by atoms with E-state index in [9.17, 15) is 4.79 Å². The molecule has 7 heteroatoms. The highest BCUT2D eigenvalue weighted by Gasteiger charge is 2.13. The lowest BCUT2D eigenvalue weighted by atomic mass is 10.0. The second-order valence-corrected chi connectivity index (χ2v) is 10.9. The van der Waals surface area contributed by atoms with Crippen LogP contribution in [0.1, 0.15) is 41.2 Å². The van der Waals surface area contributed by atoms with Gasteiger partial charge in [0.1, 0.15) is 11.6 Å². The van der Waals surface area contributed by atoms with E-state index in [1.165, 1.54) is 7.11 Å². The van der Waals surface area contributed by atoms with Crippen molar-refractivity contribution in [2.75, 3.05) is 7.11 Å². The van der Waals surface area contributed by atoms with Gasteiger partial charge in [0.25, 0.3) is 0 Å². The maximum absolute atomic E-state index is 11.8. The zero-order chi connectivity index (χ0) is 29.6. The maximum atomic E-state index is 11.8. The number of ether oxygens (including phenoxy) is 2. The molecule has 0 aliphatic heterocycles. The number of esters is 1. The molecule has 0 unspecified atom stereocenters. The van der Waals surface area contributed by atoms with Crippen LogP contribution in [-0.2, 0) is 11.3 Å². The lowest BCUT2D eigenvalue weighted by molar-refractivity contribution is 0.0600. The topological polar surface area (TPSA) is 53.4 Å². The molecule has 0 amide bonds. The van der Waals surface area contributed by atoms with Gasteiger partial charge in [0.2, 0.25) is 0 Å². The minimum atomic E-state index is -0.365. The number of carbonyl (C=O) groups is 1. The first-order chi connectivity index (χ1) is 20.3. The van der Waals surface area contributed by atoms with E-state index in [1.807, 2.05) is 62.5 Å². The largest absolute Gasteiger partial charge is 0.491 e. The second-order valence-electron chi connectivity index (χ2n) is 10.1. The van der Waals surface area contributed by atoms with Crippen LogP contribution in [0.25, 0.3) is 34.5 Å². The summed E-state index contributed by atoms with van der Waals surface area (Å²) in [5.41, 5.74) is 6.34. The summed E-state index contributed by atoms with van der Waals surface area (Å²) in [6, 6.07) is 29.2. The van der Waals surface area contributed by atoms with Crippen LogP contribution in [0.2, 0.25) is 10.0 Å². The molecule has 5 aromatic rings. The highest BCUT2D eigenvalue weighted by Crippen LogP contribution is 2.31. The van der Waals surface area contributed by atoms with Crippen molar-refractivity contribution in [3.8, 4) is 28.1 Å². The molecule has 0 N–H and O–H groups in total. The first-order valence-electron chi connectivity index (χ1n) is 13.5. The minimum absolute atomic E-state index is 0.142. The van der Waals surface area contributed by atoms with Gasteiger partial charge in [-0.05, 0) is 84.6 Å². The van der Waals surface area contributed by atoms with Crippen molar-refractivity contribution >= 4 is 41.3 Å². The number of hydrogen-bond donors (Lipinski definition) is 0. The number of halogens is 2. The van der Waals surface area contributed by atoms with E-state index in [1.54, 1.807) is 24.3 Å². The molecule has 0 fully saturated rings. The Bertz CT molecular complexity index is 1710. The zero-order valence-electron chi connectivity index (χ0n) is 23.6. The molecule has 5 nitrogen and oxygen atoms in total. The van der Waals surface area contributed by atoms with E-state index in [0.29, 0.717) is 22.2 Å². The van der Waals surface area contributed by atoms with Gasteiger partial charge in [-0.15, -0.1) is 0 Å². The first-order valence-corrected chi connectivity index (χ1v) is 14.3. The molecule has 0 bridgehead atoms. The van der Waals surface area contributed by atoms with Gasteiger partial charge >= 0.3 is 5.97 Å². The Morgan fingerprint density at radius 3 is 2.17 bits per heavy atom. The number of benzene rings is 4. The van der Waals surface area contributed by atoms with Crippen LogP contribution in [0.5, 0.6) is 5.75 Å². The zero-order valence-corrected chi connectivity index (χ0v) is 25.1. The maximum Gasteiger partial charge on any atom is 0.337 e. The highest BCUT2D eigenvalue weighted by atomic mass is 35.5. The fraction of sp³-hybridized carbons (Fsp3) is 0.143. The Hall–Kier alpha value is -4.32. The molecular weight excluding hydrogens is 567 g/mol. The molecule has 42 heavy (non-hydrogen) atoms. The molecule has 1 heterocycles. The fourth-order valence-corrected chi connectivity index (χ4v) is 5.04. The van der Waals surface area contributed by atoms with Crippen LogP contribution in [0, 0.1) is 0 Å². The standard InChI is InChI=1S/C35H30Cl2N2O3/c1-23(2)42-30-16-13-27(14-17-30)26-9-4-24(5-10-26)8-19-34-38-33(31-18-15-29(36)20-32(31)37)22-39(34)21-25-6-11-28(12-7-25)35(40)41-3/h4-20,22-23H,21H2,1-3H3/b19-8+. The molecule has 0 aliphatic carbocycles. The molecule has 0 aliphatic rings. The summed E-state index contributed by atoms with van der Waals surface area (Å²) in [4.78, 5) is 16.7. The van der Waals surface area contributed by atoms with Crippen LogP contribution >= 0.6 is 23.2 Å². The first kappa shape index (κ1) is 29.2. The third-order valence-electron chi connectivity index (χ3n) is 6.64. The van der Waals surface area contributed by atoms with Crippen molar-refractivity contribution in [1.29, 1.82) is 0 Å². The normalized spacial score (nSPS) is 11.3. The van der Waals surface area contributed by atoms with Gasteiger partial charge in [-0.1, -0.05) is 77.8 Å². The van der Waals surface area contributed by atoms with Crippen LogP contribution in [0.3, 0.4) is 0 Å². The number of nitrogens with zero attached hydrogens (tertiary/aromatic N) is 2.